The Morgan fingerprint density at radius 3 is 2.54 bits per heavy atom. The summed E-state index contributed by atoms with van der Waals surface area (Å²) in [7, 11) is 0. The van der Waals surface area contributed by atoms with Crippen molar-refractivity contribution in [3.8, 4) is 5.75 Å². The molecule has 0 heterocycles. The Labute approximate surface area is 147 Å². The standard InChI is InChI=1S/C18H23ClN2O3/c1-3-18(21-16(23)17(2)8-9-17)10-14(18)20-15(22)11-24-13-6-4-12(19)5-7-13/h4-7,14H,3,8-11H2,1-2H3,(H,20,22)(H,21,23)/t14-,18?/m1/s1. The maximum Gasteiger partial charge on any atom is 0.258 e. The van der Waals surface area contributed by atoms with Gasteiger partial charge in [-0.2, -0.15) is 0 Å². The molecule has 0 aromatic heterocycles. The lowest BCUT2D eigenvalue weighted by Gasteiger charge is -2.20. The van der Waals surface area contributed by atoms with Crippen LogP contribution in [-0.2, 0) is 9.59 Å². The molecule has 2 saturated carbocycles. The van der Waals surface area contributed by atoms with E-state index in [0.717, 1.165) is 25.7 Å². The molecule has 2 atom stereocenters. The third-order valence-electron chi connectivity index (χ3n) is 5.14. The second-order valence-corrected chi connectivity index (χ2v) is 7.53. The summed E-state index contributed by atoms with van der Waals surface area (Å²) >= 11 is 5.81. The van der Waals surface area contributed by atoms with E-state index >= 15 is 0 Å². The highest BCUT2D eigenvalue weighted by atomic mass is 35.5. The van der Waals surface area contributed by atoms with Gasteiger partial charge in [0, 0.05) is 10.4 Å². The molecule has 2 N–H and O–H groups in total. The first-order chi connectivity index (χ1) is 11.4. The SMILES string of the molecule is CCC1(NC(=O)C2(C)CC2)C[C@H]1NC(=O)COc1ccc(Cl)cc1. The molecule has 0 aliphatic heterocycles. The molecule has 2 fully saturated rings. The van der Waals surface area contributed by atoms with Gasteiger partial charge in [-0.3, -0.25) is 9.59 Å². The fourth-order valence-electron chi connectivity index (χ4n) is 2.82. The van der Waals surface area contributed by atoms with Crippen LogP contribution >= 0.6 is 11.6 Å². The quantitative estimate of drug-likeness (QED) is 0.794. The number of halogens is 1. The fourth-order valence-corrected chi connectivity index (χ4v) is 2.95. The minimum absolute atomic E-state index is 0.0184. The van der Waals surface area contributed by atoms with Crippen LogP contribution in [0.2, 0.25) is 5.02 Å². The summed E-state index contributed by atoms with van der Waals surface area (Å²) in [6, 6.07) is 6.85. The highest BCUT2D eigenvalue weighted by molar-refractivity contribution is 6.30. The first-order valence-electron chi connectivity index (χ1n) is 8.37. The second-order valence-electron chi connectivity index (χ2n) is 7.09. The van der Waals surface area contributed by atoms with Crippen LogP contribution in [0.1, 0.15) is 39.5 Å². The van der Waals surface area contributed by atoms with Gasteiger partial charge in [-0.1, -0.05) is 25.4 Å². The molecule has 2 aliphatic carbocycles. The second kappa shape index (κ2) is 6.28. The van der Waals surface area contributed by atoms with Crippen LogP contribution in [0.15, 0.2) is 24.3 Å². The van der Waals surface area contributed by atoms with Gasteiger partial charge >= 0.3 is 0 Å². The molecule has 0 saturated heterocycles. The van der Waals surface area contributed by atoms with Crippen molar-refractivity contribution in [2.24, 2.45) is 5.41 Å². The Balaban J connectivity index is 1.46. The Bertz CT molecular complexity index is 642. The zero-order valence-corrected chi connectivity index (χ0v) is 14.8. The number of rotatable bonds is 7. The summed E-state index contributed by atoms with van der Waals surface area (Å²) in [6.07, 6.45) is 3.48. The van der Waals surface area contributed by atoms with Gasteiger partial charge in [0.2, 0.25) is 5.91 Å². The molecule has 3 rings (SSSR count). The van der Waals surface area contributed by atoms with E-state index < -0.39 is 0 Å². The lowest BCUT2D eigenvalue weighted by atomic mass is 10.1. The third kappa shape index (κ3) is 3.66. The smallest absolute Gasteiger partial charge is 0.258 e. The van der Waals surface area contributed by atoms with Crippen molar-refractivity contribution in [1.29, 1.82) is 0 Å². The van der Waals surface area contributed by atoms with E-state index in [2.05, 4.69) is 10.6 Å². The Hall–Kier alpha value is -1.75. The summed E-state index contributed by atoms with van der Waals surface area (Å²) in [5, 5.41) is 6.72. The van der Waals surface area contributed by atoms with Gasteiger partial charge in [0.15, 0.2) is 6.61 Å². The molecule has 0 radical (unpaired) electrons. The van der Waals surface area contributed by atoms with Gasteiger partial charge in [-0.05, 0) is 49.9 Å². The summed E-state index contributed by atoms with van der Waals surface area (Å²) in [4.78, 5) is 24.3. The highest BCUT2D eigenvalue weighted by Gasteiger charge is 2.57. The Morgan fingerprint density at radius 1 is 1.29 bits per heavy atom. The van der Waals surface area contributed by atoms with Gasteiger partial charge in [0.05, 0.1) is 11.6 Å². The molecule has 130 valence electrons. The topological polar surface area (TPSA) is 67.4 Å². The van der Waals surface area contributed by atoms with Crippen molar-refractivity contribution >= 4 is 23.4 Å². The molecule has 0 bridgehead atoms. The fraction of sp³-hybridized carbons (Fsp3) is 0.556. The number of hydrogen-bond acceptors (Lipinski definition) is 3. The molecule has 1 unspecified atom stereocenters. The van der Waals surface area contributed by atoms with Crippen LogP contribution in [-0.4, -0.2) is 30.0 Å². The van der Waals surface area contributed by atoms with Crippen LogP contribution in [0.5, 0.6) is 5.75 Å². The summed E-state index contributed by atoms with van der Waals surface area (Å²) in [5.41, 5.74) is -0.490. The van der Waals surface area contributed by atoms with E-state index in [1.54, 1.807) is 24.3 Å². The normalized spacial score (nSPS) is 26.4. The van der Waals surface area contributed by atoms with E-state index in [-0.39, 0.29) is 35.4 Å². The Morgan fingerprint density at radius 2 is 1.96 bits per heavy atom. The minimum atomic E-state index is -0.293. The number of hydrogen-bond donors (Lipinski definition) is 2. The molecule has 24 heavy (non-hydrogen) atoms. The van der Waals surface area contributed by atoms with E-state index in [1.807, 2.05) is 13.8 Å². The number of amides is 2. The maximum atomic E-state index is 12.3. The molecule has 0 spiro atoms. The van der Waals surface area contributed by atoms with Crippen molar-refractivity contribution in [1.82, 2.24) is 10.6 Å². The van der Waals surface area contributed by atoms with Gasteiger partial charge in [-0.15, -0.1) is 0 Å². The van der Waals surface area contributed by atoms with Gasteiger partial charge in [0.25, 0.3) is 5.91 Å². The third-order valence-corrected chi connectivity index (χ3v) is 5.39. The average Bonchev–Trinajstić information content (AvgIpc) is 3.46. The molecule has 6 heteroatoms. The molecular formula is C18H23ClN2O3. The lowest BCUT2D eigenvalue weighted by Crippen LogP contribution is -2.46. The van der Waals surface area contributed by atoms with E-state index in [9.17, 15) is 9.59 Å². The van der Waals surface area contributed by atoms with Gasteiger partial charge in [-0.25, -0.2) is 0 Å². The number of benzene rings is 1. The summed E-state index contributed by atoms with van der Waals surface area (Å²) < 4.78 is 5.44. The van der Waals surface area contributed by atoms with Crippen LogP contribution in [0, 0.1) is 5.41 Å². The molecule has 2 aliphatic rings. The van der Waals surface area contributed by atoms with Crippen molar-refractivity contribution in [2.75, 3.05) is 6.61 Å². The van der Waals surface area contributed by atoms with Gasteiger partial charge < -0.3 is 15.4 Å². The molecular weight excluding hydrogens is 328 g/mol. The Kier molecular flexibility index (Phi) is 4.47. The average molecular weight is 351 g/mol. The zero-order valence-electron chi connectivity index (χ0n) is 14.0. The summed E-state index contributed by atoms with van der Waals surface area (Å²) in [6.45, 7) is 3.97. The van der Waals surface area contributed by atoms with Gasteiger partial charge in [0.1, 0.15) is 5.75 Å². The highest BCUT2D eigenvalue weighted by Crippen LogP contribution is 2.47. The van der Waals surface area contributed by atoms with E-state index in [4.69, 9.17) is 16.3 Å². The predicted octanol–water partition coefficient (Wildman–Crippen LogP) is 2.67. The summed E-state index contributed by atoms with van der Waals surface area (Å²) in [5.74, 6) is 0.526. The van der Waals surface area contributed by atoms with E-state index in [0.29, 0.717) is 10.8 Å². The molecule has 2 amide bonds. The lowest BCUT2D eigenvalue weighted by molar-refractivity contribution is -0.127. The van der Waals surface area contributed by atoms with Crippen LogP contribution in [0.25, 0.3) is 0 Å². The predicted molar refractivity (Wildman–Crippen MR) is 92.0 cm³/mol. The van der Waals surface area contributed by atoms with Crippen molar-refractivity contribution in [3.63, 3.8) is 0 Å². The van der Waals surface area contributed by atoms with Crippen molar-refractivity contribution in [2.45, 2.75) is 51.1 Å². The molecule has 1 aromatic rings. The van der Waals surface area contributed by atoms with Crippen molar-refractivity contribution < 1.29 is 14.3 Å². The number of ether oxygens (including phenoxy) is 1. The number of nitrogens with one attached hydrogen (secondary N) is 2. The van der Waals surface area contributed by atoms with Crippen molar-refractivity contribution in [3.05, 3.63) is 29.3 Å². The van der Waals surface area contributed by atoms with E-state index in [1.165, 1.54) is 0 Å². The number of carbonyl (C=O) groups excluding carboxylic acids is 2. The van der Waals surface area contributed by atoms with Crippen LogP contribution < -0.4 is 15.4 Å². The zero-order chi connectivity index (χ0) is 17.4. The monoisotopic (exact) mass is 350 g/mol. The van der Waals surface area contributed by atoms with Crippen LogP contribution in [0.3, 0.4) is 0 Å². The van der Waals surface area contributed by atoms with Crippen LogP contribution in [0.4, 0.5) is 0 Å². The molecule has 5 nitrogen and oxygen atoms in total. The maximum absolute atomic E-state index is 12.3. The number of carbonyl (C=O) groups is 2. The first kappa shape index (κ1) is 17.1. The molecule has 1 aromatic carbocycles. The largest absolute Gasteiger partial charge is 0.484 e. The first-order valence-corrected chi connectivity index (χ1v) is 8.75. The minimum Gasteiger partial charge on any atom is -0.484 e.